The molecule has 0 aliphatic heterocycles. The van der Waals surface area contributed by atoms with Gasteiger partial charge in [0.15, 0.2) is 9.84 Å². The fourth-order valence-electron chi connectivity index (χ4n) is 2.22. The Morgan fingerprint density at radius 2 is 1.83 bits per heavy atom. The van der Waals surface area contributed by atoms with Crippen LogP contribution < -0.4 is 5.32 Å². The average molecular weight is 355 g/mol. The van der Waals surface area contributed by atoms with Crippen LogP contribution in [0.3, 0.4) is 0 Å². The van der Waals surface area contributed by atoms with Crippen LogP contribution in [-0.4, -0.2) is 37.7 Å². The van der Waals surface area contributed by atoms with Crippen molar-refractivity contribution in [3.63, 3.8) is 0 Å². The Labute approximate surface area is 143 Å². The van der Waals surface area contributed by atoms with Crippen LogP contribution in [0.25, 0.3) is 0 Å². The van der Waals surface area contributed by atoms with E-state index in [2.05, 4.69) is 5.32 Å². The average Bonchev–Trinajstić information content (AvgIpc) is 2.40. The van der Waals surface area contributed by atoms with Crippen LogP contribution in [0.5, 0.6) is 0 Å². The van der Waals surface area contributed by atoms with E-state index < -0.39 is 27.8 Å². The van der Waals surface area contributed by atoms with Gasteiger partial charge >= 0.3 is 5.97 Å². The fourth-order valence-corrected chi connectivity index (χ4v) is 3.21. The molecule has 6 nitrogen and oxygen atoms in total. The van der Waals surface area contributed by atoms with Gasteiger partial charge < -0.3 is 10.4 Å². The van der Waals surface area contributed by atoms with Crippen molar-refractivity contribution < 1.29 is 23.1 Å². The molecule has 0 saturated carbocycles. The molecular weight excluding hydrogens is 330 g/mol. The third-order valence-corrected chi connectivity index (χ3v) is 4.88. The van der Waals surface area contributed by atoms with Gasteiger partial charge in [-0.2, -0.15) is 0 Å². The van der Waals surface area contributed by atoms with E-state index in [0.717, 1.165) is 6.26 Å². The van der Waals surface area contributed by atoms with Crippen LogP contribution in [0.1, 0.15) is 49.5 Å². The molecule has 0 fully saturated rings. The number of carbonyl (C=O) groups excluding carboxylic acids is 1. The smallest absolute Gasteiger partial charge is 0.326 e. The maximum Gasteiger partial charge on any atom is 0.326 e. The van der Waals surface area contributed by atoms with E-state index in [4.69, 9.17) is 0 Å². The summed E-state index contributed by atoms with van der Waals surface area (Å²) < 4.78 is 23.5. The van der Waals surface area contributed by atoms with Gasteiger partial charge in [0.05, 0.1) is 4.90 Å². The van der Waals surface area contributed by atoms with Crippen molar-refractivity contribution in [3.05, 3.63) is 29.3 Å². The molecule has 0 aromatic heterocycles. The molecule has 2 N–H and O–H groups in total. The van der Waals surface area contributed by atoms with Gasteiger partial charge in [-0.15, -0.1) is 0 Å². The van der Waals surface area contributed by atoms with E-state index in [1.54, 1.807) is 6.92 Å². The molecule has 1 aromatic carbocycles. The highest BCUT2D eigenvalue weighted by Crippen LogP contribution is 2.22. The first-order valence-corrected chi connectivity index (χ1v) is 9.55. The van der Waals surface area contributed by atoms with Crippen molar-refractivity contribution in [3.8, 4) is 0 Å². The summed E-state index contributed by atoms with van der Waals surface area (Å²) in [6.45, 7) is 7.62. The molecule has 1 unspecified atom stereocenters. The zero-order chi connectivity index (χ0) is 18.7. The fraction of sp³-hybridized carbons (Fsp3) is 0.529. The summed E-state index contributed by atoms with van der Waals surface area (Å²) in [5, 5.41) is 11.8. The molecule has 1 atom stereocenters. The van der Waals surface area contributed by atoms with Gasteiger partial charge in [-0.25, -0.2) is 13.2 Å². The number of rotatable bonds is 6. The number of sulfone groups is 1. The van der Waals surface area contributed by atoms with E-state index in [-0.39, 0.29) is 15.9 Å². The lowest BCUT2D eigenvalue weighted by atomic mass is 9.88. The van der Waals surface area contributed by atoms with Crippen molar-refractivity contribution in [2.75, 3.05) is 6.26 Å². The van der Waals surface area contributed by atoms with E-state index in [0.29, 0.717) is 18.4 Å². The minimum absolute atomic E-state index is 0.0499. The monoisotopic (exact) mass is 355 g/mol. The Bertz CT molecular complexity index is 732. The summed E-state index contributed by atoms with van der Waals surface area (Å²) >= 11 is 0. The van der Waals surface area contributed by atoms with Gasteiger partial charge in [0, 0.05) is 11.8 Å². The third-order valence-electron chi connectivity index (χ3n) is 3.64. The Hall–Kier alpha value is -1.89. The molecular formula is C17H25NO5S. The van der Waals surface area contributed by atoms with Crippen LogP contribution >= 0.6 is 0 Å². The summed E-state index contributed by atoms with van der Waals surface area (Å²) in [6.07, 6.45) is 2.00. The van der Waals surface area contributed by atoms with E-state index in [9.17, 15) is 23.1 Å². The van der Waals surface area contributed by atoms with Gasteiger partial charge in [-0.1, -0.05) is 26.8 Å². The van der Waals surface area contributed by atoms with Gasteiger partial charge in [0.1, 0.15) is 6.04 Å². The Kier molecular flexibility index (Phi) is 6.16. The highest BCUT2D eigenvalue weighted by atomic mass is 32.2. The minimum Gasteiger partial charge on any atom is -0.480 e. The number of hydrogen-bond acceptors (Lipinski definition) is 4. The highest BCUT2D eigenvalue weighted by Gasteiger charge is 2.24. The molecule has 1 aromatic rings. The molecule has 0 radical (unpaired) electrons. The van der Waals surface area contributed by atoms with Crippen LogP contribution in [-0.2, 0) is 14.6 Å². The summed E-state index contributed by atoms with van der Waals surface area (Å²) in [5.41, 5.74) is 0.616. The van der Waals surface area contributed by atoms with Crippen LogP contribution in [0.2, 0.25) is 0 Å². The largest absolute Gasteiger partial charge is 0.480 e. The van der Waals surface area contributed by atoms with Gasteiger partial charge in [-0.05, 0) is 42.9 Å². The number of carboxylic acids is 1. The standard InChI is InChI=1S/C17H25NO5S/c1-11-6-7-12(10-14(11)24(5,22)23)15(19)18-13(16(20)21)8-9-17(2,3)4/h6-7,10,13H,8-9H2,1-5H3,(H,18,19)(H,20,21). The lowest BCUT2D eigenvalue weighted by Gasteiger charge is -2.21. The van der Waals surface area contributed by atoms with Crippen molar-refractivity contribution in [2.24, 2.45) is 5.41 Å². The molecule has 0 aliphatic carbocycles. The van der Waals surface area contributed by atoms with Crippen molar-refractivity contribution in [1.82, 2.24) is 5.32 Å². The maximum absolute atomic E-state index is 12.3. The van der Waals surface area contributed by atoms with Gasteiger partial charge in [-0.3, -0.25) is 4.79 Å². The lowest BCUT2D eigenvalue weighted by Crippen LogP contribution is -2.41. The highest BCUT2D eigenvalue weighted by molar-refractivity contribution is 7.90. The Morgan fingerprint density at radius 3 is 2.29 bits per heavy atom. The molecule has 7 heteroatoms. The molecule has 0 aliphatic rings. The molecule has 134 valence electrons. The number of hydrogen-bond donors (Lipinski definition) is 2. The molecule has 1 amide bonds. The van der Waals surface area contributed by atoms with Crippen molar-refractivity contribution >= 4 is 21.7 Å². The van der Waals surface area contributed by atoms with E-state index >= 15 is 0 Å². The number of carbonyl (C=O) groups is 2. The number of carboxylic acid groups (broad SMARTS) is 1. The van der Waals surface area contributed by atoms with Gasteiger partial charge in [0.2, 0.25) is 0 Å². The molecule has 0 heterocycles. The van der Waals surface area contributed by atoms with Crippen LogP contribution in [0, 0.1) is 12.3 Å². The first-order chi connectivity index (χ1) is 10.8. The van der Waals surface area contributed by atoms with E-state index in [1.807, 2.05) is 20.8 Å². The summed E-state index contributed by atoms with van der Waals surface area (Å²) in [7, 11) is -3.46. The number of aryl methyl sites for hydroxylation is 1. The summed E-state index contributed by atoms with van der Waals surface area (Å²) in [4.78, 5) is 23.7. The zero-order valence-corrected chi connectivity index (χ0v) is 15.5. The van der Waals surface area contributed by atoms with E-state index in [1.165, 1.54) is 18.2 Å². The van der Waals surface area contributed by atoms with Crippen molar-refractivity contribution in [2.45, 2.75) is 51.5 Å². The van der Waals surface area contributed by atoms with Crippen LogP contribution in [0.4, 0.5) is 0 Å². The van der Waals surface area contributed by atoms with Crippen molar-refractivity contribution in [1.29, 1.82) is 0 Å². The zero-order valence-electron chi connectivity index (χ0n) is 14.7. The topological polar surface area (TPSA) is 101 Å². The quantitative estimate of drug-likeness (QED) is 0.816. The number of amides is 1. The third kappa shape index (κ3) is 5.96. The number of nitrogens with one attached hydrogen (secondary N) is 1. The first-order valence-electron chi connectivity index (χ1n) is 7.65. The number of aliphatic carboxylic acids is 1. The maximum atomic E-state index is 12.3. The van der Waals surface area contributed by atoms with Gasteiger partial charge in [0.25, 0.3) is 5.91 Å². The molecule has 0 bridgehead atoms. The predicted molar refractivity (Wildman–Crippen MR) is 91.9 cm³/mol. The second-order valence-corrected chi connectivity index (χ2v) is 9.20. The Morgan fingerprint density at radius 1 is 1.25 bits per heavy atom. The van der Waals surface area contributed by atoms with Crippen LogP contribution in [0.15, 0.2) is 23.1 Å². The minimum atomic E-state index is -3.46. The summed E-state index contributed by atoms with van der Waals surface area (Å²) in [5.74, 6) is -1.70. The predicted octanol–water partition coefficient (Wildman–Crippen LogP) is 2.41. The lowest BCUT2D eigenvalue weighted by molar-refractivity contribution is -0.139. The molecule has 0 saturated heterocycles. The number of benzene rings is 1. The molecule has 0 spiro atoms. The SMILES string of the molecule is Cc1ccc(C(=O)NC(CCC(C)(C)C)C(=O)O)cc1S(C)(=O)=O. The Balaban J connectivity index is 2.98. The second-order valence-electron chi connectivity index (χ2n) is 7.22. The first kappa shape index (κ1) is 20.2. The molecule has 24 heavy (non-hydrogen) atoms. The summed E-state index contributed by atoms with van der Waals surface area (Å²) in [6, 6.07) is 3.29. The second kappa shape index (κ2) is 7.34. The normalized spacial score (nSPS) is 13.4. The molecule has 1 rings (SSSR count).